The van der Waals surface area contributed by atoms with E-state index in [1.807, 2.05) is 11.4 Å². The number of aliphatic imine (C=N–C) groups is 1. The van der Waals surface area contributed by atoms with Gasteiger partial charge >= 0.3 is 0 Å². The molecule has 0 spiro atoms. The normalized spacial score (nSPS) is 10.2. The fourth-order valence-electron chi connectivity index (χ4n) is 1.79. The van der Waals surface area contributed by atoms with E-state index in [9.17, 15) is 4.39 Å². The van der Waals surface area contributed by atoms with Gasteiger partial charge in [0.05, 0.1) is 11.4 Å². The van der Waals surface area contributed by atoms with Gasteiger partial charge in [-0.3, -0.25) is 0 Å². The number of nitrogens with one attached hydrogen (secondary N) is 1. The second-order valence-corrected chi connectivity index (χ2v) is 4.80. The van der Waals surface area contributed by atoms with Crippen molar-refractivity contribution in [1.82, 2.24) is 9.97 Å². The van der Waals surface area contributed by atoms with Crippen LogP contribution >= 0.6 is 23.7 Å². The van der Waals surface area contributed by atoms with E-state index < -0.39 is 0 Å². The highest BCUT2D eigenvalue weighted by atomic mass is 35.5. The van der Waals surface area contributed by atoms with Gasteiger partial charge in [0.25, 0.3) is 0 Å². The summed E-state index contributed by atoms with van der Waals surface area (Å²) < 4.78 is 13.1. The Hall–Kier alpha value is -2.12. The van der Waals surface area contributed by atoms with Gasteiger partial charge in [-0.25, -0.2) is 9.37 Å². The van der Waals surface area contributed by atoms with Crippen LogP contribution in [0.3, 0.4) is 0 Å². The summed E-state index contributed by atoms with van der Waals surface area (Å²) in [6.07, 6.45) is 0. The van der Waals surface area contributed by atoms with Gasteiger partial charge in [0.1, 0.15) is 5.82 Å². The van der Waals surface area contributed by atoms with Gasteiger partial charge in [-0.15, -0.1) is 23.7 Å². The highest BCUT2D eigenvalue weighted by Gasteiger charge is 2.08. The molecule has 0 saturated heterocycles. The van der Waals surface area contributed by atoms with Crippen LogP contribution in [0.15, 0.2) is 34.6 Å². The summed E-state index contributed by atoms with van der Waals surface area (Å²) in [6, 6.07) is 6.41. The zero-order valence-electron chi connectivity index (χ0n) is 10.1. The van der Waals surface area contributed by atoms with Crippen LogP contribution in [-0.2, 0) is 0 Å². The third-order valence-corrected chi connectivity index (χ3v) is 3.31. The first-order valence-electron chi connectivity index (χ1n) is 5.45. The highest BCUT2D eigenvalue weighted by molar-refractivity contribution is 7.13. The molecular formula is C12H11ClFN5S. The Kier molecular flexibility index (Phi) is 3.91. The Morgan fingerprint density at radius 2 is 2.10 bits per heavy atom. The molecule has 2 aromatic heterocycles. The summed E-state index contributed by atoms with van der Waals surface area (Å²) in [5.74, 6) is -0.294. The highest BCUT2D eigenvalue weighted by Crippen LogP contribution is 2.28. The lowest BCUT2D eigenvalue weighted by Crippen LogP contribution is -2.21. The minimum atomic E-state index is -0.266. The van der Waals surface area contributed by atoms with Crippen LogP contribution in [0.1, 0.15) is 0 Å². The van der Waals surface area contributed by atoms with Gasteiger partial charge < -0.3 is 16.5 Å². The lowest BCUT2D eigenvalue weighted by molar-refractivity contribution is 0.630. The Morgan fingerprint density at radius 3 is 2.85 bits per heavy atom. The van der Waals surface area contributed by atoms with Gasteiger partial charge in [0, 0.05) is 16.3 Å². The molecule has 20 heavy (non-hydrogen) atoms. The maximum Gasteiger partial charge on any atom is 0.212 e. The Labute approximate surface area is 123 Å². The van der Waals surface area contributed by atoms with Crippen LogP contribution in [0, 0.1) is 5.82 Å². The number of hydrogen-bond acceptors (Lipinski definition) is 3. The van der Waals surface area contributed by atoms with Crippen molar-refractivity contribution in [3.8, 4) is 11.4 Å². The summed E-state index contributed by atoms with van der Waals surface area (Å²) in [4.78, 5) is 11.3. The summed E-state index contributed by atoms with van der Waals surface area (Å²) in [7, 11) is 0. The first kappa shape index (κ1) is 14.3. The number of thiazole rings is 1. The molecule has 0 aliphatic heterocycles. The average molecular weight is 312 g/mol. The molecule has 3 aromatic rings. The number of aromatic nitrogens is 2. The van der Waals surface area contributed by atoms with Crippen molar-refractivity contribution < 1.29 is 4.39 Å². The van der Waals surface area contributed by atoms with Crippen LogP contribution < -0.4 is 11.5 Å². The molecule has 2 heterocycles. The topological polar surface area (TPSA) is 93.1 Å². The third-order valence-electron chi connectivity index (χ3n) is 2.58. The molecule has 104 valence electrons. The third kappa shape index (κ3) is 2.73. The monoisotopic (exact) mass is 311 g/mol. The number of aromatic amines is 1. The van der Waals surface area contributed by atoms with Crippen molar-refractivity contribution in [3.63, 3.8) is 0 Å². The Bertz CT molecular complexity index is 775. The smallest absolute Gasteiger partial charge is 0.212 e. The number of nitrogens with two attached hydrogens (primary N) is 2. The number of rotatable bonds is 2. The van der Waals surface area contributed by atoms with E-state index >= 15 is 0 Å². The Balaban J connectivity index is 0.00000147. The predicted octanol–water partition coefficient (Wildman–Crippen LogP) is 2.76. The van der Waals surface area contributed by atoms with Crippen molar-refractivity contribution in [2.45, 2.75) is 0 Å². The molecule has 0 atom stereocenters. The number of fused-ring (bicyclic) bond motifs is 1. The maximum atomic E-state index is 13.1. The average Bonchev–Trinajstić information content (AvgIpc) is 2.93. The van der Waals surface area contributed by atoms with Gasteiger partial charge in [0.2, 0.25) is 5.13 Å². The predicted molar refractivity (Wildman–Crippen MR) is 82.1 cm³/mol. The standard InChI is InChI=1S/C12H10FN5S.ClH/c13-7-1-2-8-6(3-7)4-9(16-8)10-5-19-12(17-10)18-11(14)15;/h1-5,16H,(H4,14,15,17,18);1H. The van der Waals surface area contributed by atoms with E-state index in [1.165, 1.54) is 23.5 Å². The lowest BCUT2D eigenvalue weighted by Gasteiger charge is -1.89. The van der Waals surface area contributed by atoms with Crippen LogP contribution in [0.25, 0.3) is 22.3 Å². The number of H-pyrrole nitrogens is 1. The van der Waals surface area contributed by atoms with Gasteiger partial charge in [-0.2, -0.15) is 4.99 Å². The molecule has 5 N–H and O–H groups in total. The zero-order chi connectivity index (χ0) is 13.4. The lowest BCUT2D eigenvalue weighted by atomic mass is 10.2. The molecule has 0 unspecified atom stereocenters. The molecule has 0 fully saturated rings. The quantitative estimate of drug-likeness (QED) is 0.502. The first-order valence-corrected chi connectivity index (χ1v) is 6.33. The minimum Gasteiger partial charge on any atom is -0.370 e. The van der Waals surface area contributed by atoms with E-state index in [0.29, 0.717) is 5.13 Å². The summed E-state index contributed by atoms with van der Waals surface area (Å²) in [6.45, 7) is 0. The van der Waals surface area contributed by atoms with Crippen molar-refractivity contribution in [2.24, 2.45) is 16.5 Å². The SMILES string of the molecule is Cl.NC(N)=Nc1nc(-c2cc3cc(F)ccc3[nH]2)cs1. The number of nitrogens with zero attached hydrogens (tertiary/aromatic N) is 2. The van der Waals surface area contributed by atoms with Crippen molar-refractivity contribution >= 4 is 45.7 Å². The second kappa shape index (κ2) is 5.48. The van der Waals surface area contributed by atoms with E-state index in [0.717, 1.165) is 22.3 Å². The van der Waals surface area contributed by atoms with Gasteiger partial charge in [-0.1, -0.05) is 0 Å². The largest absolute Gasteiger partial charge is 0.370 e. The minimum absolute atomic E-state index is 0. The van der Waals surface area contributed by atoms with Crippen molar-refractivity contribution in [1.29, 1.82) is 0 Å². The second-order valence-electron chi connectivity index (χ2n) is 3.97. The number of guanidine groups is 1. The molecule has 0 saturated carbocycles. The maximum absolute atomic E-state index is 13.1. The van der Waals surface area contributed by atoms with E-state index in [-0.39, 0.29) is 24.2 Å². The van der Waals surface area contributed by atoms with Gasteiger partial charge in [0.15, 0.2) is 5.96 Å². The molecule has 1 aromatic carbocycles. The molecule has 3 rings (SSSR count). The number of benzene rings is 1. The molecule has 0 bridgehead atoms. The van der Waals surface area contributed by atoms with Crippen LogP contribution in [-0.4, -0.2) is 15.9 Å². The van der Waals surface area contributed by atoms with Crippen molar-refractivity contribution in [2.75, 3.05) is 0 Å². The summed E-state index contributed by atoms with van der Waals surface area (Å²) in [5, 5.41) is 3.12. The van der Waals surface area contributed by atoms with Crippen molar-refractivity contribution in [3.05, 3.63) is 35.5 Å². The molecule has 5 nitrogen and oxygen atoms in total. The van der Waals surface area contributed by atoms with E-state index in [2.05, 4.69) is 15.0 Å². The first-order chi connectivity index (χ1) is 9.11. The summed E-state index contributed by atoms with van der Waals surface area (Å²) >= 11 is 1.33. The van der Waals surface area contributed by atoms with Crippen LogP contribution in [0.5, 0.6) is 0 Å². The molecule has 0 aliphatic carbocycles. The molecule has 0 radical (unpaired) electrons. The molecule has 8 heteroatoms. The number of hydrogen-bond donors (Lipinski definition) is 3. The van der Waals surface area contributed by atoms with E-state index in [4.69, 9.17) is 11.5 Å². The number of halogens is 2. The van der Waals surface area contributed by atoms with Crippen LogP contribution in [0.2, 0.25) is 0 Å². The van der Waals surface area contributed by atoms with Gasteiger partial charge in [-0.05, 0) is 24.3 Å². The molecule has 0 aliphatic rings. The molecular weight excluding hydrogens is 301 g/mol. The summed E-state index contributed by atoms with van der Waals surface area (Å²) in [5.41, 5.74) is 13.0. The fourth-order valence-corrected chi connectivity index (χ4v) is 2.50. The fraction of sp³-hybridized carbons (Fsp3) is 0. The zero-order valence-corrected chi connectivity index (χ0v) is 11.8. The van der Waals surface area contributed by atoms with E-state index in [1.54, 1.807) is 6.07 Å². The Morgan fingerprint density at radius 1 is 1.30 bits per heavy atom. The molecule has 0 amide bonds. The van der Waals surface area contributed by atoms with Crippen LogP contribution in [0.4, 0.5) is 9.52 Å².